The number of anilines is 2. The van der Waals surface area contributed by atoms with E-state index in [0.29, 0.717) is 45.2 Å². The summed E-state index contributed by atoms with van der Waals surface area (Å²) < 4.78 is 11.1. The van der Waals surface area contributed by atoms with Gasteiger partial charge in [-0.2, -0.15) is 0 Å². The van der Waals surface area contributed by atoms with Crippen LogP contribution in [-0.4, -0.2) is 45.9 Å². The van der Waals surface area contributed by atoms with E-state index in [1.807, 2.05) is 26.0 Å². The van der Waals surface area contributed by atoms with Crippen LogP contribution in [0.4, 0.5) is 11.4 Å². The van der Waals surface area contributed by atoms with Gasteiger partial charge in [0.05, 0.1) is 40.2 Å². The first-order valence-corrected chi connectivity index (χ1v) is 11.6. The van der Waals surface area contributed by atoms with Crippen molar-refractivity contribution in [2.75, 3.05) is 24.4 Å². The number of halogens is 1. The molecule has 0 bridgehead atoms. The fraction of sp³-hybridized carbons (Fsp3) is 0.231. The van der Waals surface area contributed by atoms with Gasteiger partial charge in [-0.1, -0.05) is 11.6 Å². The SMILES string of the molecule is COC[C@]1(C)Nc2c(cnc3[nH]cc(C(=O)c4ccc(Oc5cc(C)cc(C)n5)cc4Cl)c23)NC1=O. The number of aryl methyl sites for hydroxylation is 2. The van der Waals surface area contributed by atoms with Gasteiger partial charge in [0.1, 0.15) is 16.9 Å². The Morgan fingerprint density at radius 1 is 1.17 bits per heavy atom. The molecule has 1 atom stereocenters. The second-order valence-electron chi connectivity index (χ2n) is 9.01. The van der Waals surface area contributed by atoms with Gasteiger partial charge in [-0.15, -0.1) is 0 Å². The number of nitrogens with one attached hydrogen (secondary N) is 3. The molecule has 1 aliphatic heterocycles. The van der Waals surface area contributed by atoms with Gasteiger partial charge in [0.15, 0.2) is 5.78 Å². The average molecular weight is 506 g/mol. The average Bonchev–Trinajstić information content (AvgIpc) is 3.24. The lowest BCUT2D eigenvalue weighted by Gasteiger charge is -2.35. The number of ether oxygens (including phenoxy) is 2. The van der Waals surface area contributed by atoms with E-state index in [4.69, 9.17) is 21.1 Å². The second-order valence-corrected chi connectivity index (χ2v) is 9.42. The van der Waals surface area contributed by atoms with Crippen molar-refractivity contribution in [1.82, 2.24) is 15.0 Å². The molecule has 3 aromatic heterocycles. The molecule has 1 amide bonds. The van der Waals surface area contributed by atoms with Crippen LogP contribution in [0.3, 0.4) is 0 Å². The van der Waals surface area contributed by atoms with E-state index in [2.05, 4.69) is 25.6 Å². The van der Waals surface area contributed by atoms with E-state index in [9.17, 15) is 9.59 Å². The van der Waals surface area contributed by atoms with Crippen LogP contribution in [0.2, 0.25) is 5.02 Å². The van der Waals surface area contributed by atoms with Crippen LogP contribution in [0.1, 0.15) is 34.1 Å². The number of benzene rings is 1. The molecule has 4 aromatic rings. The molecule has 0 fully saturated rings. The molecule has 36 heavy (non-hydrogen) atoms. The molecule has 10 heteroatoms. The lowest BCUT2D eigenvalue weighted by atomic mass is 9.96. The third-order valence-corrected chi connectivity index (χ3v) is 6.32. The van der Waals surface area contributed by atoms with Gasteiger partial charge >= 0.3 is 0 Å². The van der Waals surface area contributed by atoms with Crippen LogP contribution in [0, 0.1) is 13.8 Å². The number of carbonyl (C=O) groups excluding carboxylic acids is 2. The predicted molar refractivity (Wildman–Crippen MR) is 137 cm³/mol. The highest BCUT2D eigenvalue weighted by Gasteiger charge is 2.39. The summed E-state index contributed by atoms with van der Waals surface area (Å²) in [5.74, 6) is 0.360. The van der Waals surface area contributed by atoms with Crippen LogP contribution >= 0.6 is 11.6 Å². The van der Waals surface area contributed by atoms with Gasteiger partial charge in [0.2, 0.25) is 5.88 Å². The number of pyridine rings is 2. The molecule has 0 saturated carbocycles. The number of fused-ring (bicyclic) bond motifs is 3. The summed E-state index contributed by atoms with van der Waals surface area (Å²) in [6.07, 6.45) is 3.13. The van der Waals surface area contributed by atoms with Gasteiger partial charge in [0, 0.05) is 36.7 Å². The molecule has 0 aliphatic carbocycles. The Bertz CT molecular complexity index is 1510. The molecule has 5 rings (SSSR count). The lowest BCUT2D eigenvalue weighted by Crippen LogP contribution is -2.53. The summed E-state index contributed by atoms with van der Waals surface area (Å²) in [6.45, 7) is 5.72. The Balaban J connectivity index is 1.51. The maximum Gasteiger partial charge on any atom is 0.252 e. The standard InChI is InChI=1S/C26H24ClN5O4/c1-13-7-14(2)30-20(8-13)36-15-5-6-16(18(27)9-15)23(33)17-10-28-24-21(17)22-19(11-29-24)31-25(34)26(3,32-22)12-35-4/h5-11,32H,12H2,1-4H3,(H,28,29)(H,31,34)/t26-/m0/s1. The van der Waals surface area contributed by atoms with Gasteiger partial charge in [-0.3, -0.25) is 9.59 Å². The number of nitrogens with zero attached hydrogens (tertiary/aromatic N) is 2. The maximum absolute atomic E-state index is 13.6. The minimum atomic E-state index is -1.02. The molecule has 1 aliphatic rings. The van der Waals surface area contributed by atoms with Crippen molar-refractivity contribution >= 4 is 45.7 Å². The number of ketones is 1. The van der Waals surface area contributed by atoms with Crippen LogP contribution in [0.15, 0.2) is 42.7 Å². The zero-order valence-corrected chi connectivity index (χ0v) is 20.9. The van der Waals surface area contributed by atoms with Gasteiger partial charge in [-0.05, 0) is 44.5 Å². The highest BCUT2D eigenvalue weighted by atomic mass is 35.5. The molecule has 0 spiro atoms. The third-order valence-electron chi connectivity index (χ3n) is 6.01. The van der Waals surface area contributed by atoms with Crippen LogP contribution < -0.4 is 15.4 Å². The Kier molecular flexibility index (Phi) is 5.89. The molecule has 0 saturated heterocycles. The molecular weight excluding hydrogens is 482 g/mol. The first-order valence-electron chi connectivity index (χ1n) is 11.2. The van der Waals surface area contributed by atoms with Crippen LogP contribution in [-0.2, 0) is 9.53 Å². The predicted octanol–water partition coefficient (Wildman–Crippen LogP) is 5.02. The zero-order chi connectivity index (χ0) is 25.6. The first kappa shape index (κ1) is 23.8. The van der Waals surface area contributed by atoms with Crippen LogP contribution in [0.25, 0.3) is 11.0 Å². The van der Waals surface area contributed by atoms with Crippen molar-refractivity contribution in [1.29, 1.82) is 0 Å². The Hall–Kier alpha value is -3.95. The van der Waals surface area contributed by atoms with Gasteiger partial charge in [0.25, 0.3) is 5.91 Å². The fourth-order valence-corrected chi connectivity index (χ4v) is 4.60. The number of carbonyl (C=O) groups is 2. The highest BCUT2D eigenvalue weighted by Crippen LogP contribution is 2.39. The molecule has 4 heterocycles. The summed E-state index contributed by atoms with van der Waals surface area (Å²) in [5.41, 5.74) is 3.07. The van der Waals surface area contributed by atoms with E-state index in [-0.39, 0.29) is 23.3 Å². The van der Waals surface area contributed by atoms with Crippen molar-refractivity contribution in [3.8, 4) is 11.6 Å². The van der Waals surface area contributed by atoms with Crippen molar-refractivity contribution < 1.29 is 19.1 Å². The van der Waals surface area contributed by atoms with E-state index < -0.39 is 5.54 Å². The minimum Gasteiger partial charge on any atom is -0.439 e. The molecule has 184 valence electrons. The number of H-pyrrole nitrogens is 1. The molecule has 9 nitrogen and oxygen atoms in total. The highest BCUT2D eigenvalue weighted by molar-refractivity contribution is 6.36. The van der Waals surface area contributed by atoms with Crippen molar-refractivity contribution in [3.05, 3.63) is 70.1 Å². The number of hydrogen-bond acceptors (Lipinski definition) is 7. The van der Waals surface area contributed by atoms with Gasteiger partial charge < -0.3 is 25.1 Å². The summed E-state index contributed by atoms with van der Waals surface area (Å²) in [5, 5.41) is 6.89. The monoisotopic (exact) mass is 505 g/mol. The summed E-state index contributed by atoms with van der Waals surface area (Å²) >= 11 is 6.53. The zero-order valence-electron chi connectivity index (χ0n) is 20.2. The summed E-state index contributed by atoms with van der Waals surface area (Å²) in [6, 6.07) is 8.66. The lowest BCUT2D eigenvalue weighted by molar-refractivity contribution is -0.121. The van der Waals surface area contributed by atoms with Gasteiger partial charge in [-0.25, -0.2) is 9.97 Å². The first-order chi connectivity index (χ1) is 17.2. The smallest absolute Gasteiger partial charge is 0.252 e. The largest absolute Gasteiger partial charge is 0.439 e. The van der Waals surface area contributed by atoms with Crippen molar-refractivity contribution in [2.24, 2.45) is 0 Å². The molecule has 0 radical (unpaired) electrons. The second kappa shape index (κ2) is 8.92. The molecule has 3 N–H and O–H groups in total. The minimum absolute atomic E-state index is 0.137. The quantitative estimate of drug-likeness (QED) is 0.315. The maximum atomic E-state index is 13.6. The number of aromatic amines is 1. The number of amides is 1. The Morgan fingerprint density at radius 3 is 2.69 bits per heavy atom. The number of rotatable bonds is 6. The number of methoxy groups -OCH3 is 1. The van der Waals surface area contributed by atoms with Crippen molar-refractivity contribution in [3.63, 3.8) is 0 Å². The van der Waals surface area contributed by atoms with E-state index in [1.54, 1.807) is 37.5 Å². The summed E-state index contributed by atoms with van der Waals surface area (Å²) in [4.78, 5) is 38.0. The van der Waals surface area contributed by atoms with E-state index in [1.165, 1.54) is 7.11 Å². The third kappa shape index (κ3) is 4.16. The van der Waals surface area contributed by atoms with E-state index >= 15 is 0 Å². The Morgan fingerprint density at radius 2 is 1.97 bits per heavy atom. The molecular formula is C26H24ClN5O4. The number of hydrogen-bond donors (Lipinski definition) is 3. The fourth-order valence-electron chi connectivity index (χ4n) is 4.35. The van der Waals surface area contributed by atoms with E-state index in [0.717, 1.165) is 11.3 Å². The van der Waals surface area contributed by atoms with Crippen molar-refractivity contribution in [2.45, 2.75) is 26.3 Å². The normalized spacial score (nSPS) is 16.9. The summed E-state index contributed by atoms with van der Waals surface area (Å²) in [7, 11) is 1.52. The molecule has 0 unspecified atom stereocenters. The Labute approximate surface area is 212 Å². The van der Waals surface area contributed by atoms with Crippen LogP contribution in [0.5, 0.6) is 11.6 Å². The molecule has 1 aromatic carbocycles. The number of aromatic nitrogens is 3. The topological polar surface area (TPSA) is 118 Å².